The van der Waals surface area contributed by atoms with Crippen LogP contribution in [-0.4, -0.2) is 37.6 Å². The molecule has 2 aliphatic rings. The molecule has 2 aromatic heterocycles. The summed E-state index contributed by atoms with van der Waals surface area (Å²) in [5, 5.41) is 0. The minimum absolute atomic E-state index is 0.226. The summed E-state index contributed by atoms with van der Waals surface area (Å²) in [7, 11) is 0. The summed E-state index contributed by atoms with van der Waals surface area (Å²) in [4.78, 5) is 36.1. The zero-order chi connectivity index (χ0) is 27.6. The van der Waals surface area contributed by atoms with Crippen LogP contribution < -0.4 is 10.5 Å². The lowest BCUT2D eigenvalue weighted by Crippen LogP contribution is -2.37. The molecule has 0 atom stereocenters. The van der Waals surface area contributed by atoms with Gasteiger partial charge in [-0.25, -0.2) is 9.37 Å². The third-order valence-corrected chi connectivity index (χ3v) is 8.81. The molecule has 0 aliphatic carbocycles. The lowest BCUT2D eigenvalue weighted by molar-refractivity contribution is -0.122. The van der Waals surface area contributed by atoms with Gasteiger partial charge in [-0.05, 0) is 66.6 Å². The van der Waals surface area contributed by atoms with Gasteiger partial charge in [0.15, 0.2) is 0 Å². The number of hydrogen-bond acceptors (Lipinski definition) is 6. The molecule has 0 saturated carbocycles. The van der Waals surface area contributed by atoms with Gasteiger partial charge in [-0.15, -0.1) is 0 Å². The summed E-state index contributed by atoms with van der Waals surface area (Å²) >= 11 is 6.68. The molecule has 40 heavy (non-hydrogen) atoms. The van der Waals surface area contributed by atoms with Crippen LogP contribution in [0.2, 0.25) is 0 Å². The van der Waals surface area contributed by atoms with E-state index in [1.165, 1.54) is 38.8 Å². The molecule has 0 unspecified atom stereocenters. The van der Waals surface area contributed by atoms with Crippen LogP contribution in [0.15, 0.2) is 88.7 Å². The van der Waals surface area contributed by atoms with Crippen LogP contribution in [0.3, 0.4) is 0 Å². The SMILES string of the molecule is O=C1C(=Cc2c(N3CCC(Cc4ccccc4)CC3)nc3ccccn3c2=O)SC(=S)N1Cc1ccc(F)cc1. The molecule has 4 aromatic rings. The van der Waals surface area contributed by atoms with Crippen molar-refractivity contribution in [1.82, 2.24) is 14.3 Å². The van der Waals surface area contributed by atoms with Gasteiger partial charge in [0.05, 0.1) is 17.0 Å². The highest BCUT2D eigenvalue weighted by atomic mass is 32.2. The number of pyridine rings is 1. The highest BCUT2D eigenvalue weighted by molar-refractivity contribution is 8.26. The minimum atomic E-state index is -0.338. The number of fused-ring (bicyclic) bond motifs is 1. The van der Waals surface area contributed by atoms with Gasteiger partial charge in [-0.3, -0.25) is 18.9 Å². The zero-order valence-electron chi connectivity index (χ0n) is 21.7. The van der Waals surface area contributed by atoms with Crippen molar-refractivity contribution >= 4 is 51.7 Å². The fourth-order valence-corrected chi connectivity index (χ4v) is 6.53. The van der Waals surface area contributed by atoms with E-state index in [4.69, 9.17) is 17.2 Å². The number of thioether (sulfide) groups is 1. The van der Waals surface area contributed by atoms with E-state index in [-0.39, 0.29) is 23.8 Å². The molecular weight excluding hydrogens is 543 g/mol. The van der Waals surface area contributed by atoms with E-state index in [0.717, 1.165) is 37.9 Å². The molecule has 0 N–H and O–H groups in total. The second-order valence-corrected chi connectivity index (χ2v) is 11.8. The predicted octanol–water partition coefficient (Wildman–Crippen LogP) is 5.69. The fourth-order valence-electron chi connectivity index (χ4n) is 5.29. The number of aromatic nitrogens is 2. The maximum atomic E-state index is 13.7. The summed E-state index contributed by atoms with van der Waals surface area (Å²) in [6.45, 7) is 1.79. The third-order valence-electron chi connectivity index (χ3n) is 7.43. The topological polar surface area (TPSA) is 57.9 Å². The van der Waals surface area contributed by atoms with Crippen LogP contribution >= 0.6 is 24.0 Å². The Bertz CT molecular complexity index is 1660. The monoisotopic (exact) mass is 570 g/mol. The standard InChI is InChI=1S/C31H27FN4O2S2/c32-24-11-9-23(10-12-24)20-36-30(38)26(40-31(36)39)19-25-28(33-27-8-4-5-15-35(27)29(25)37)34-16-13-22(14-17-34)18-21-6-2-1-3-7-21/h1-12,15,19,22H,13-14,16-18,20H2. The number of rotatable bonds is 6. The first-order chi connectivity index (χ1) is 19.5. The van der Waals surface area contributed by atoms with Crippen molar-refractivity contribution in [2.45, 2.75) is 25.8 Å². The van der Waals surface area contributed by atoms with E-state index in [9.17, 15) is 14.0 Å². The Morgan fingerprint density at radius 3 is 2.42 bits per heavy atom. The second kappa shape index (κ2) is 11.3. The van der Waals surface area contributed by atoms with Crippen molar-refractivity contribution < 1.29 is 9.18 Å². The highest BCUT2D eigenvalue weighted by Gasteiger charge is 2.33. The molecule has 2 fully saturated rings. The van der Waals surface area contributed by atoms with Crippen molar-refractivity contribution in [1.29, 1.82) is 0 Å². The maximum Gasteiger partial charge on any atom is 0.267 e. The maximum absolute atomic E-state index is 13.7. The Hall–Kier alpha value is -3.82. The molecule has 6 nitrogen and oxygen atoms in total. The third kappa shape index (κ3) is 5.44. The van der Waals surface area contributed by atoms with E-state index in [1.807, 2.05) is 18.2 Å². The largest absolute Gasteiger partial charge is 0.356 e. The van der Waals surface area contributed by atoms with Crippen molar-refractivity contribution in [3.8, 4) is 0 Å². The zero-order valence-corrected chi connectivity index (χ0v) is 23.3. The summed E-state index contributed by atoms with van der Waals surface area (Å²) in [6.07, 6.45) is 6.35. The second-order valence-electron chi connectivity index (χ2n) is 10.1. The van der Waals surface area contributed by atoms with Gasteiger partial charge in [0.25, 0.3) is 11.5 Å². The van der Waals surface area contributed by atoms with Gasteiger partial charge in [0.2, 0.25) is 0 Å². The number of carbonyl (C=O) groups excluding carboxylic acids is 1. The number of amides is 1. The first-order valence-electron chi connectivity index (χ1n) is 13.3. The van der Waals surface area contributed by atoms with E-state index >= 15 is 0 Å². The van der Waals surface area contributed by atoms with E-state index < -0.39 is 0 Å². The number of nitrogens with zero attached hydrogens (tertiary/aromatic N) is 4. The predicted molar refractivity (Wildman–Crippen MR) is 162 cm³/mol. The molecular formula is C31H27FN4O2S2. The van der Waals surface area contributed by atoms with Crippen LogP contribution in [0, 0.1) is 11.7 Å². The Kier molecular flexibility index (Phi) is 7.49. The molecule has 1 amide bonds. The molecule has 0 spiro atoms. The van der Waals surface area contributed by atoms with Crippen molar-refractivity contribution in [3.05, 3.63) is 117 Å². The summed E-state index contributed by atoms with van der Waals surface area (Å²) in [5.41, 5.74) is 2.83. The number of anilines is 1. The molecule has 9 heteroatoms. The first-order valence-corrected chi connectivity index (χ1v) is 14.5. The van der Waals surface area contributed by atoms with Gasteiger partial charge in [-0.1, -0.05) is 72.5 Å². The first kappa shape index (κ1) is 26.4. The van der Waals surface area contributed by atoms with Crippen LogP contribution in [-0.2, 0) is 17.8 Å². The van der Waals surface area contributed by atoms with Crippen LogP contribution in [0.25, 0.3) is 11.7 Å². The summed E-state index contributed by atoms with van der Waals surface area (Å²) in [6, 6.07) is 22.0. The molecule has 0 bridgehead atoms. The van der Waals surface area contributed by atoms with Crippen LogP contribution in [0.4, 0.5) is 10.2 Å². The number of thiocarbonyl (C=S) groups is 1. The van der Waals surface area contributed by atoms with Crippen molar-refractivity contribution in [3.63, 3.8) is 0 Å². The normalized spacial score (nSPS) is 17.4. The van der Waals surface area contributed by atoms with Crippen molar-refractivity contribution in [2.24, 2.45) is 5.92 Å². The Balaban J connectivity index is 1.29. The molecule has 2 saturated heterocycles. The molecule has 2 aromatic carbocycles. The van der Waals surface area contributed by atoms with E-state index in [0.29, 0.717) is 32.2 Å². The number of piperidine rings is 1. The van der Waals surface area contributed by atoms with Gasteiger partial charge in [0.1, 0.15) is 21.6 Å². The van der Waals surface area contributed by atoms with Crippen LogP contribution in [0.1, 0.15) is 29.5 Å². The summed E-state index contributed by atoms with van der Waals surface area (Å²) in [5.74, 6) is 0.545. The average Bonchev–Trinajstić information content (AvgIpc) is 3.24. The quantitative estimate of drug-likeness (QED) is 0.219. The smallest absolute Gasteiger partial charge is 0.267 e. The van der Waals surface area contributed by atoms with E-state index in [2.05, 4.69) is 29.2 Å². The van der Waals surface area contributed by atoms with Crippen molar-refractivity contribution in [2.75, 3.05) is 18.0 Å². The lowest BCUT2D eigenvalue weighted by atomic mass is 9.90. The number of carbonyl (C=O) groups is 1. The average molecular weight is 571 g/mol. The number of hydrogen-bond donors (Lipinski definition) is 0. The lowest BCUT2D eigenvalue weighted by Gasteiger charge is -2.33. The summed E-state index contributed by atoms with van der Waals surface area (Å²) < 4.78 is 15.3. The minimum Gasteiger partial charge on any atom is -0.356 e. The van der Waals surface area contributed by atoms with Gasteiger partial charge >= 0.3 is 0 Å². The number of benzene rings is 2. The molecule has 4 heterocycles. The molecule has 0 radical (unpaired) electrons. The number of halogens is 1. The molecule has 202 valence electrons. The van der Waals surface area contributed by atoms with E-state index in [1.54, 1.807) is 30.5 Å². The molecule has 6 rings (SSSR count). The Morgan fingerprint density at radius 2 is 1.68 bits per heavy atom. The molecule has 2 aliphatic heterocycles. The highest BCUT2D eigenvalue weighted by Crippen LogP contribution is 2.35. The van der Waals surface area contributed by atoms with Gasteiger partial charge in [0, 0.05) is 19.3 Å². The van der Waals surface area contributed by atoms with Gasteiger partial charge < -0.3 is 4.90 Å². The van der Waals surface area contributed by atoms with Gasteiger partial charge in [-0.2, -0.15) is 0 Å². The Labute approximate surface area is 241 Å². The van der Waals surface area contributed by atoms with Crippen LogP contribution in [0.5, 0.6) is 0 Å². The fraction of sp³-hybridized carbons (Fsp3) is 0.226. The Morgan fingerprint density at radius 1 is 0.950 bits per heavy atom.